The number of carbonyl (C=O) groups excluding carboxylic acids is 1. The highest BCUT2D eigenvalue weighted by atomic mass is 16.1. The Kier molecular flexibility index (Phi) is 4.06. The molecule has 0 aliphatic rings. The lowest BCUT2D eigenvalue weighted by molar-refractivity contribution is -0.123. The van der Waals surface area contributed by atoms with Crippen LogP contribution in [0.3, 0.4) is 0 Å². The van der Waals surface area contributed by atoms with Crippen molar-refractivity contribution in [2.75, 3.05) is 0 Å². The molecule has 4 N–H and O–H groups in total. The molecule has 0 aliphatic heterocycles. The van der Waals surface area contributed by atoms with E-state index in [1.807, 2.05) is 24.6 Å². The standard InChI is InChI=1S/C11H20N4O/c1-3-11(13,10(12)16)6-4-8-15-9(2)5-7-14-15/h5,7H,3-4,6,8,13H2,1-2H3,(H2,12,16). The van der Waals surface area contributed by atoms with Gasteiger partial charge in [0.25, 0.3) is 0 Å². The molecule has 0 aliphatic carbocycles. The van der Waals surface area contributed by atoms with Crippen LogP contribution in [-0.2, 0) is 11.3 Å². The summed E-state index contributed by atoms with van der Waals surface area (Å²) >= 11 is 0. The van der Waals surface area contributed by atoms with Crippen molar-refractivity contribution in [2.45, 2.75) is 45.2 Å². The van der Waals surface area contributed by atoms with Crippen molar-refractivity contribution in [1.29, 1.82) is 0 Å². The monoisotopic (exact) mass is 224 g/mol. The van der Waals surface area contributed by atoms with Gasteiger partial charge in [-0.15, -0.1) is 0 Å². The lowest BCUT2D eigenvalue weighted by Gasteiger charge is -2.24. The molecule has 0 spiro atoms. The molecule has 1 heterocycles. The SMILES string of the molecule is CCC(N)(CCCn1nccc1C)C(N)=O. The normalized spacial score (nSPS) is 14.7. The fraction of sp³-hybridized carbons (Fsp3) is 0.636. The van der Waals surface area contributed by atoms with Crippen LogP contribution in [0, 0.1) is 6.92 Å². The van der Waals surface area contributed by atoms with Gasteiger partial charge in [-0.1, -0.05) is 6.92 Å². The molecule has 90 valence electrons. The molecule has 1 aromatic heterocycles. The molecule has 16 heavy (non-hydrogen) atoms. The minimum atomic E-state index is -0.874. The number of hydrogen-bond donors (Lipinski definition) is 2. The van der Waals surface area contributed by atoms with Gasteiger partial charge in [-0.25, -0.2) is 0 Å². The average molecular weight is 224 g/mol. The number of nitrogens with zero attached hydrogens (tertiary/aromatic N) is 2. The van der Waals surface area contributed by atoms with Crippen molar-refractivity contribution < 1.29 is 4.79 Å². The predicted molar refractivity (Wildman–Crippen MR) is 62.6 cm³/mol. The fourth-order valence-electron chi connectivity index (χ4n) is 1.65. The minimum Gasteiger partial charge on any atom is -0.368 e. The van der Waals surface area contributed by atoms with Gasteiger partial charge in [0.15, 0.2) is 0 Å². The third-order valence-corrected chi connectivity index (χ3v) is 3.04. The third-order valence-electron chi connectivity index (χ3n) is 3.04. The smallest absolute Gasteiger partial charge is 0.237 e. The van der Waals surface area contributed by atoms with Crippen molar-refractivity contribution in [1.82, 2.24) is 9.78 Å². The maximum atomic E-state index is 11.2. The molecule has 0 bridgehead atoms. The molecule has 1 aromatic rings. The fourth-order valence-corrected chi connectivity index (χ4v) is 1.65. The van der Waals surface area contributed by atoms with Gasteiger partial charge < -0.3 is 11.5 Å². The van der Waals surface area contributed by atoms with E-state index in [2.05, 4.69) is 5.10 Å². The average Bonchev–Trinajstić information content (AvgIpc) is 2.64. The lowest BCUT2D eigenvalue weighted by Crippen LogP contribution is -2.51. The van der Waals surface area contributed by atoms with E-state index in [9.17, 15) is 4.79 Å². The molecular formula is C11H20N4O. The first-order chi connectivity index (χ1) is 7.49. The zero-order valence-corrected chi connectivity index (χ0v) is 9.94. The van der Waals surface area contributed by atoms with Crippen LogP contribution in [0.5, 0.6) is 0 Å². The summed E-state index contributed by atoms with van der Waals surface area (Å²) in [5, 5.41) is 4.17. The Morgan fingerprint density at radius 3 is 2.75 bits per heavy atom. The van der Waals surface area contributed by atoms with Gasteiger partial charge in [0.1, 0.15) is 0 Å². The lowest BCUT2D eigenvalue weighted by atomic mass is 9.91. The number of hydrogen-bond acceptors (Lipinski definition) is 3. The number of amides is 1. The van der Waals surface area contributed by atoms with E-state index in [1.165, 1.54) is 0 Å². The van der Waals surface area contributed by atoms with Gasteiger partial charge in [0.2, 0.25) is 5.91 Å². The Bertz CT molecular complexity index is 361. The summed E-state index contributed by atoms with van der Waals surface area (Å²) in [5.74, 6) is -0.424. The van der Waals surface area contributed by atoms with Crippen LogP contribution in [0.2, 0.25) is 0 Å². The highest BCUT2D eigenvalue weighted by Gasteiger charge is 2.28. The zero-order chi connectivity index (χ0) is 12.2. The summed E-state index contributed by atoms with van der Waals surface area (Å²) in [6.07, 6.45) is 3.73. The van der Waals surface area contributed by atoms with Crippen LogP contribution in [0.4, 0.5) is 0 Å². The molecule has 1 unspecified atom stereocenters. The molecule has 0 saturated heterocycles. The molecule has 5 nitrogen and oxygen atoms in total. The van der Waals surface area contributed by atoms with Gasteiger partial charge in [0.05, 0.1) is 5.54 Å². The van der Waals surface area contributed by atoms with Crippen LogP contribution < -0.4 is 11.5 Å². The number of rotatable bonds is 6. The number of carbonyl (C=O) groups is 1. The van der Waals surface area contributed by atoms with Gasteiger partial charge in [0, 0.05) is 18.4 Å². The van der Waals surface area contributed by atoms with E-state index in [-0.39, 0.29) is 0 Å². The second-order valence-corrected chi connectivity index (χ2v) is 4.17. The van der Waals surface area contributed by atoms with Gasteiger partial charge in [-0.3, -0.25) is 9.48 Å². The Labute approximate surface area is 95.8 Å². The molecule has 0 saturated carbocycles. The second-order valence-electron chi connectivity index (χ2n) is 4.17. The zero-order valence-electron chi connectivity index (χ0n) is 9.94. The van der Waals surface area contributed by atoms with Crippen LogP contribution in [0.25, 0.3) is 0 Å². The Morgan fingerprint density at radius 1 is 1.62 bits per heavy atom. The summed E-state index contributed by atoms with van der Waals surface area (Å²) in [4.78, 5) is 11.2. The molecule has 0 aromatic carbocycles. The van der Waals surface area contributed by atoms with Crippen LogP contribution in [0.15, 0.2) is 12.3 Å². The molecule has 5 heteroatoms. The largest absolute Gasteiger partial charge is 0.368 e. The molecule has 1 atom stereocenters. The van der Waals surface area contributed by atoms with Crippen molar-refractivity contribution in [2.24, 2.45) is 11.5 Å². The number of primary amides is 1. The Morgan fingerprint density at radius 2 is 2.31 bits per heavy atom. The van der Waals surface area contributed by atoms with E-state index in [1.54, 1.807) is 6.20 Å². The summed E-state index contributed by atoms with van der Waals surface area (Å²) in [6.45, 7) is 4.64. The van der Waals surface area contributed by atoms with Crippen molar-refractivity contribution in [3.05, 3.63) is 18.0 Å². The van der Waals surface area contributed by atoms with E-state index < -0.39 is 11.4 Å². The van der Waals surface area contributed by atoms with Gasteiger partial charge >= 0.3 is 0 Å². The van der Waals surface area contributed by atoms with E-state index >= 15 is 0 Å². The topological polar surface area (TPSA) is 86.9 Å². The summed E-state index contributed by atoms with van der Waals surface area (Å²) in [7, 11) is 0. The van der Waals surface area contributed by atoms with Crippen LogP contribution >= 0.6 is 0 Å². The second kappa shape index (κ2) is 5.12. The maximum Gasteiger partial charge on any atom is 0.237 e. The predicted octanol–water partition coefficient (Wildman–Crippen LogP) is 0.565. The molecular weight excluding hydrogens is 204 g/mol. The highest BCUT2D eigenvalue weighted by molar-refractivity contribution is 5.84. The Hall–Kier alpha value is -1.36. The van der Waals surface area contributed by atoms with Crippen molar-refractivity contribution in [3.63, 3.8) is 0 Å². The van der Waals surface area contributed by atoms with Crippen LogP contribution in [0.1, 0.15) is 31.9 Å². The van der Waals surface area contributed by atoms with Gasteiger partial charge in [-0.05, 0) is 32.3 Å². The number of aromatic nitrogens is 2. The van der Waals surface area contributed by atoms with Crippen molar-refractivity contribution >= 4 is 5.91 Å². The molecule has 0 radical (unpaired) electrons. The van der Waals surface area contributed by atoms with Crippen molar-refractivity contribution in [3.8, 4) is 0 Å². The summed E-state index contributed by atoms with van der Waals surface area (Å²) < 4.78 is 1.90. The molecule has 1 rings (SSSR count). The highest BCUT2D eigenvalue weighted by Crippen LogP contribution is 2.14. The summed E-state index contributed by atoms with van der Waals surface area (Å²) in [5.41, 5.74) is 11.4. The first-order valence-corrected chi connectivity index (χ1v) is 5.57. The van der Waals surface area contributed by atoms with E-state index in [0.717, 1.165) is 18.7 Å². The molecule has 0 fully saturated rings. The quantitative estimate of drug-likeness (QED) is 0.740. The number of aryl methyl sites for hydroxylation is 2. The first kappa shape index (κ1) is 12.7. The minimum absolute atomic E-state index is 0.424. The third kappa shape index (κ3) is 2.82. The Balaban J connectivity index is 2.46. The van der Waals surface area contributed by atoms with Gasteiger partial charge in [-0.2, -0.15) is 5.10 Å². The van der Waals surface area contributed by atoms with Crippen LogP contribution in [-0.4, -0.2) is 21.2 Å². The van der Waals surface area contributed by atoms with E-state index in [4.69, 9.17) is 11.5 Å². The maximum absolute atomic E-state index is 11.2. The summed E-state index contributed by atoms with van der Waals surface area (Å²) in [6, 6.07) is 1.95. The van der Waals surface area contributed by atoms with E-state index in [0.29, 0.717) is 12.8 Å². The molecule has 1 amide bonds. The first-order valence-electron chi connectivity index (χ1n) is 5.57. The number of nitrogens with two attached hydrogens (primary N) is 2.